The second kappa shape index (κ2) is 6.84. The van der Waals surface area contributed by atoms with Crippen LogP contribution in [0.25, 0.3) is 0 Å². The quantitative estimate of drug-likeness (QED) is 0.852. The largest absolute Gasteiger partial charge is 0.480 e. The molecule has 1 unspecified atom stereocenters. The number of carbonyl (C=O) groups is 3. The summed E-state index contributed by atoms with van der Waals surface area (Å²) in [5.41, 5.74) is 0.728. The van der Waals surface area contributed by atoms with Crippen LogP contribution in [0.3, 0.4) is 0 Å². The molecule has 7 nitrogen and oxygen atoms in total. The summed E-state index contributed by atoms with van der Waals surface area (Å²) in [4.78, 5) is 35.0. The molecule has 0 saturated carbocycles. The van der Waals surface area contributed by atoms with E-state index in [-0.39, 0.29) is 30.9 Å². The Labute approximate surface area is 127 Å². The number of benzene rings is 1. The van der Waals surface area contributed by atoms with Crippen molar-refractivity contribution in [3.63, 3.8) is 0 Å². The minimum Gasteiger partial charge on any atom is -0.480 e. The van der Waals surface area contributed by atoms with Crippen LogP contribution in [0.4, 0.5) is 5.69 Å². The number of hydrogen-bond donors (Lipinski definition) is 2. The van der Waals surface area contributed by atoms with E-state index in [9.17, 15) is 14.4 Å². The van der Waals surface area contributed by atoms with Crippen LogP contribution >= 0.6 is 0 Å². The maximum absolute atomic E-state index is 12.1. The van der Waals surface area contributed by atoms with Crippen molar-refractivity contribution < 1.29 is 19.5 Å². The van der Waals surface area contributed by atoms with Gasteiger partial charge in [0, 0.05) is 12.8 Å². The Kier molecular flexibility index (Phi) is 4.88. The molecule has 1 aromatic rings. The number of carboxylic acids is 1. The second-order valence-corrected chi connectivity index (χ2v) is 4.86. The van der Waals surface area contributed by atoms with Crippen molar-refractivity contribution in [2.45, 2.75) is 32.2 Å². The topological polar surface area (TPSA) is 99.1 Å². The fraction of sp³-hybridized carbons (Fsp3) is 0.333. The maximum atomic E-state index is 12.1. The molecule has 1 heterocycles. The Hall–Kier alpha value is -2.70. The van der Waals surface area contributed by atoms with Crippen molar-refractivity contribution in [3.8, 4) is 0 Å². The van der Waals surface area contributed by atoms with Gasteiger partial charge in [-0.1, -0.05) is 25.1 Å². The number of amides is 2. The number of nitrogens with zero attached hydrogens (tertiary/aromatic N) is 2. The van der Waals surface area contributed by atoms with Crippen molar-refractivity contribution in [1.29, 1.82) is 0 Å². The van der Waals surface area contributed by atoms with Crippen molar-refractivity contribution in [3.05, 3.63) is 30.3 Å². The van der Waals surface area contributed by atoms with Crippen molar-refractivity contribution in [1.82, 2.24) is 5.32 Å². The second-order valence-electron chi connectivity index (χ2n) is 4.86. The predicted molar refractivity (Wildman–Crippen MR) is 80.5 cm³/mol. The number of carbonyl (C=O) groups excluding carboxylic acids is 2. The average Bonchev–Trinajstić information content (AvgIpc) is 2.53. The van der Waals surface area contributed by atoms with Gasteiger partial charge in [-0.2, -0.15) is 5.10 Å². The molecule has 1 atom stereocenters. The first-order chi connectivity index (χ1) is 10.5. The summed E-state index contributed by atoms with van der Waals surface area (Å²) >= 11 is 0. The highest BCUT2D eigenvalue weighted by Gasteiger charge is 2.27. The Balaban J connectivity index is 2.18. The smallest absolute Gasteiger partial charge is 0.326 e. The van der Waals surface area contributed by atoms with Crippen LogP contribution in [-0.4, -0.2) is 34.6 Å². The van der Waals surface area contributed by atoms with Crippen LogP contribution in [0.2, 0.25) is 0 Å². The monoisotopic (exact) mass is 303 g/mol. The van der Waals surface area contributed by atoms with E-state index in [4.69, 9.17) is 5.11 Å². The third-order valence-electron chi connectivity index (χ3n) is 3.31. The number of hydrazone groups is 1. The lowest BCUT2D eigenvalue weighted by atomic mass is 10.1. The van der Waals surface area contributed by atoms with Gasteiger partial charge in [0.15, 0.2) is 0 Å². The number of anilines is 1. The third-order valence-corrected chi connectivity index (χ3v) is 3.31. The minimum absolute atomic E-state index is 0.156. The van der Waals surface area contributed by atoms with Crippen molar-refractivity contribution in [2.24, 2.45) is 5.10 Å². The van der Waals surface area contributed by atoms with E-state index in [1.165, 1.54) is 5.01 Å². The van der Waals surface area contributed by atoms with Gasteiger partial charge in [-0.25, -0.2) is 9.80 Å². The Morgan fingerprint density at radius 1 is 1.32 bits per heavy atom. The van der Waals surface area contributed by atoms with E-state index in [1.54, 1.807) is 31.2 Å². The third kappa shape index (κ3) is 3.49. The number of rotatable bonds is 5. The fourth-order valence-corrected chi connectivity index (χ4v) is 2.07. The van der Waals surface area contributed by atoms with Gasteiger partial charge in [-0.3, -0.25) is 9.59 Å². The molecule has 7 heteroatoms. The summed E-state index contributed by atoms with van der Waals surface area (Å²) in [6.45, 7) is 1.67. The van der Waals surface area contributed by atoms with Gasteiger partial charge in [0.2, 0.25) is 5.91 Å². The predicted octanol–water partition coefficient (Wildman–Crippen LogP) is 1.15. The number of hydrogen-bond acceptors (Lipinski definition) is 4. The fourth-order valence-electron chi connectivity index (χ4n) is 2.07. The van der Waals surface area contributed by atoms with Gasteiger partial charge in [-0.15, -0.1) is 0 Å². The Bertz CT molecular complexity index is 612. The molecule has 2 amide bonds. The van der Waals surface area contributed by atoms with Gasteiger partial charge in [0.1, 0.15) is 11.8 Å². The van der Waals surface area contributed by atoms with Crippen LogP contribution in [0.1, 0.15) is 26.2 Å². The number of para-hydroxylation sites is 1. The lowest BCUT2D eigenvalue weighted by Crippen LogP contribution is -2.45. The van der Waals surface area contributed by atoms with Gasteiger partial charge in [0.25, 0.3) is 5.91 Å². The van der Waals surface area contributed by atoms with E-state index in [0.717, 1.165) is 0 Å². The van der Waals surface area contributed by atoms with Crippen LogP contribution in [-0.2, 0) is 14.4 Å². The number of aliphatic carboxylic acids is 1. The summed E-state index contributed by atoms with van der Waals surface area (Å²) in [5.74, 6) is -1.85. The van der Waals surface area contributed by atoms with Crippen LogP contribution in [0, 0.1) is 0 Å². The van der Waals surface area contributed by atoms with Crippen LogP contribution in [0.5, 0.6) is 0 Å². The lowest BCUT2D eigenvalue weighted by Gasteiger charge is -2.23. The van der Waals surface area contributed by atoms with E-state index in [1.807, 2.05) is 6.07 Å². The molecule has 0 aliphatic carbocycles. The van der Waals surface area contributed by atoms with Crippen LogP contribution in [0.15, 0.2) is 35.4 Å². The first-order valence-electron chi connectivity index (χ1n) is 7.02. The molecule has 0 saturated heterocycles. The van der Waals surface area contributed by atoms with E-state index in [2.05, 4.69) is 10.4 Å². The SMILES string of the molecule is CCC(NC(=O)C1=NN(c2ccccc2)C(=O)CC1)C(=O)O. The van der Waals surface area contributed by atoms with Gasteiger partial charge < -0.3 is 10.4 Å². The molecule has 2 rings (SSSR count). The van der Waals surface area contributed by atoms with E-state index >= 15 is 0 Å². The van der Waals surface area contributed by atoms with E-state index in [0.29, 0.717) is 5.69 Å². The molecular formula is C15H17N3O4. The minimum atomic E-state index is -1.09. The number of nitrogens with one attached hydrogen (secondary N) is 1. The highest BCUT2D eigenvalue weighted by atomic mass is 16.4. The van der Waals surface area contributed by atoms with Gasteiger partial charge in [-0.05, 0) is 18.6 Å². The molecule has 1 aliphatic rings. The maximum Gasteiger partial charge on any atom is 0.326 e. The molecule has 1 aliphatic heterocycles. The molecule has 1 aromatic carbocycles. The molecule has 0 bridgehead atoms. The summed E-state index contributed by atoms with van der Waals surface area (Å²) in [6, 6.07) is 7.82. The Morgan fingerprint density at radius 2 is 2.00 bits per heavy atom. The molecule has 22 heavy (non-hydrogen) atoms. The average molecular weight is 303 g/mol. The standard InChI is InChI=1S/C15H17N3O4/c1-2-11(15(21)22)16-14(20)12-8-9-13(19)18(17-12)10-6-4-3-5-7-10/h3-7,11H,2,8-9H2,1H3,(H,16,20)(H,21,22). The molecule has 0 radical (unpaired) electrons. The highest BCUT2D eigenvalue weighted by Crippen LogP contribution is 2.19. The first kappa shape index (κ1) is 15.7. The zero-order chi connectivity index (χ0) is 16.1. The molecule has 116 valence electrons. The molecule has 0 aromatic heterocycles. The number of carboxylic acid groups (broad SMARTS) is 1. The zero-order valence-corrected chi connectivity index (χ0v) is 12.2. The zero-order valence-electron chi connectivity index (χ0n) is 12.2. The van der Waals surface area contributed by atoms with Crippen molar-refractivity contribution in [2.75, 3.05) is 5.01 Å². The van der Waals surface area contributed by atoms with E-state index < -0.39 is 17.9 Å². The summed E-state index contributed by atoms with van der Waals surface area (Å²) in [5, 5.41) is 16.6. The van der Waals surface area contributed by atoms with Gasteiger partial charge >= 0.3 is 5.97 Å². The summed E-state index contributed by atoms with van der Waals surface area (Å²) < 4.78 is 0. The summed E-state index contributed by atoms with van der Waals surface area (Å²) in [6.07, 6.45) is 0.630. The summed E-state index contributed by atoms with van der Waals surface area (Å²) in [7, 11) is 0. The van der Waals surface area contributed by atoms with Gasteiger partial charge in [0.05, 0.1) is 5.69 Å². The lowest BCUT2D eigenvalue weighted by molar-refractivity contribution is -0.141. The molecule has 0 spiro atoms. The molecule has 0 fully saturated rings. The molecular weight excluding hydrogens is 286 g/mol. The first-order valence-corrected chi connectivity index (χ1v) is 7.02. The highest BCUT2D eigenvalue weighted by molar-refractivity contribution is 6.40. The normalized spacial score (nSPS) is 16.0. The van der Waals surface area contributed by atoms with Crippen molar-refractivity contribution >= 4 is 29.2 Å². The molecule has 2 N–H and O–H groups in total. The van der Waals surface area contributed by atoms with Crippen LogP contribution < -0.4 is 10.3 Å². The Morgan fingerprint density at radius 3 is 2.59 bits per heavy atom.